The molecule has 0 atom stereocenters. The van der Waals surface area contributed by atoms with Crippen molar-refractivity contribution < 1.29 is 0 Å². The molecule has 1 nitrogen and oxygen atoms in total. The lowest BCUT2D eigenvalue weighted by atomic mass is 10.1. The molecule has 0 saturated heterocycles. The fourth-order valence-electron chi connectivity index (χ4n) is 0.759. The summed E-state index contributed by atoms with van der Waals surface area (Å²) in [6.45, 7) is 8.39. The summed E-state index contributed by atoms with van der Waals surface area (Å²) in [6.07, 6.45) is 5.71. The molecule has 0 amide bonds. The average Bonchev–Trinajstić information content (AvgIpc) is 1.97. The first-order chi connectivity index (χ1) is 5.16. The van der Waals surface area contributed by atoms with Gasteiger partial charge in [0.15, 0.2) is 0 Å². The van der Waals surface area contributed by atoms with Crippen LogP contribution in [0.2, 0.25) is 0 Å². The number of rotatable bonds is 4. The van der Waals surface area contributed by atoms with Gasteiger partial charge in [0.25, 0.3) is 0 Å². The lowest BCUT2D eigenvalue weighted by Gasteiger charge is -1.95. The predicted octanol–water partition coefficient (Wildman–Crippen LogP) is 3.56. The molecular weight excluding hydrogens is 134 g/mol. The van der Waals surface area contributed by atoms with E-state index in [9.17, 15) is 0 Å². The van der Waals surface area contributed by atoms with Crippen molar-refractivity contribution in [1.82, 2.24) is 0 Å². The number of unbranched alkanes of at least 4 members (excludes halogenated alkanes) is 1. The number of hydrogen-bond acceptors (Lipinski definition) is 1. The molecule has 0 radical (unpaired) electrons. The first-order valence-corrected chi connectivity index (χ1v) is 4.33. The number of hydrogen-bond donors (Lipinski definition) is 0. The Morgan fingerprint density at radius 2 is 1.91 bits per heavy atom. The molecule has 1 heteroatoms. The van der Waals surface area contributed by atoms with E-state index in [0.29, 0.717) is 0 Å². The molecule has 0 aromatic rings. The van der Waals surface area contributed by atoms with Crippen LogP contribution in [0.3, 0.4) is 0 Å². The second-order valence-corrected chi connectivity index (χ2v) is 3.16. The zero-order valence-corrected chi connectivity index (χ0v) is 8.15. The van der Waals surface area contributed by atoms with E-state index >= 15 is 0 Å². The summed E-state index contributed by atoms with van der Waals surface area (Å²) in [7, 11) is 0. The van der Waals surface area contributed by atoms with Crippen LogP contribution in [0.25, 0.3) is 0 Å². The highest BCUT2D eigenvalue weighted by Crippen LogP contribution is 2.05. The molecular formula is C10H19N. The molecule has 0 aromatic carbocycles. The Balaban J connectivity index is 3.72. The smallest absolute Gasteiger partial charge is 0.0256 e. The Hall–Kier alpha value is -0.590. The molecule has 0 unspecified atom stereocenters. The Bertz CT molecular complexity index is 150. The van der Waals surface area contributed by atoms with Crippen LogP contribution >= 0.6 is 0 Å². The molecule has 0 fully saturated rings. The Morgan fingerprint density at radius 1 is 1.27 bits per heavy atom. The molecule has 0 rings (SSSR count). The summed E-state index contributed by atoms with van der Waals surface area (Å²) < 4.78 is 0. The van der Waals surface area contributed by atoms with Crippen LogP contribution in [-0.2, 0) is 0 Å². The lowest BCUT2D eigenvalue weighted by molar-refractivity contribution is 0.785. The number of allylic oxidation sites excluding steroid dienone is 1. The lowest BCUT2D eigenvalue weighted by Crippen LogP contribution is -1.80. The van der Waals surface area contributed by atoms with Crippen molar-refractivity contribution in [2.75, 3.05) is 0 Å². The third-order valence-corrected chi connectivity index (χ3v) is 1.47. The van der Waals surface area contributed by atoms with Crippen LogP contribution < -0.4 is 0 Å². The van der Waals surface area contributed by atoms with Gasteiger partial charge in [0.05, 0.1) is 0 Å². The quantitative estimate of drug-likeness (QED) is 0.547. The van der Waals surface area contributed by atoms with Crippen molar-refractivity contribution in [1.29, 1.82) is 0 Å². The van der Waals surface area contributed by atoms with E-state index in [4.69, 9.17) is 0 Å². The van der Waals surface area contributed by atoms with Gasteiger partial charge < -0.3 is 0 Å². The van der Waals surface area contributed by atoms with E-state index in [1.54, 1.807) is 0 Å². The maximum absolute atomic E-state index is 4.23. The summed E-state index contributed by atoms with van der Waals surface area (Å²) in [5, 5.41) is 0. The van der Waals surface area contributed by atoms with Crippen molar-refractivity contribution >= 4 is 5.71 Å². The zero-order valence-electron chi connectivity index (χ0n) is 8.15. The second-order valence-electron chi connectivity index (χ2n) is 3.16. The summed E-state index contributed by atoms with van der Waals surface area (Å²) >= 11 is 0. The molecule has 0 aromatic heterocycles. The van der Waals surface area contributed by atoms with E-state index in [1.807, 2.05) is 20.0 Å². The van der Waals surface area contributed by atoms with Gasteiger partial charge in [-0.25, -0.2) is 0 Å². The third-order valence-electron chi connectivity index (χ3n) is 1.47. The molecule has 0 heterocycles. The molecule has 0 aliphatic heterocycles. The van der Waals surface area contributed by atoms with Crippen molar-refractivity contribution in [3.63, 3.8) is 0 Å². The van der Waals surface area contributed by atoms with Gasteiger partial charge in [-0.2, -0.15) is 0 Å². The van der Waals surface area contributed by atoms with Crippen LogP contribution in [0, 0.1) is 0 Å². The maximum atomic E-state index is 4.23. The molecule has 0 aliphatic carbocycles. The molecule has 11 heavy (non-hydrogen) atoms. The van der Waals surface area contributed by atoms with Gasteiger partial charge in [-0.05, 0) is 33.6 Å². The highest BCUT2D eigenvalue weighted by atomic mass is 14.7. The maximum Gasteiger partial charge on any atom is 0.0256 e. The molecule has 0 N–H and O–H groups in total. The minimum absolute atomic E-state index is 1.13. The van der Waals surface area contributed by atoms with Gasteiger partial charge in [-0.15, -0.1) is 0 Å². The van der Waals surface area contributed by atoms with E-state index < -0.39 is 0 Å². The molecule has 0 bridgehead atoms. The first-order valence-electron chi connectivity index (χ1n) is 4.33. The summed E-state index contributed by atoms with van der Waals surface area (Å²) in [4.78, 5) is 4.23. The van der Waals surface area contributed by atoms with Gasteiger partial charge in [-0.1, -0.05) is 18.9 Å². The summed E-state index contributed by atoms with van der Waals surface area (Å²) in [6, 6.07) is 0. The molecule has 0 aliphatic rings. The van der Waals surface area contributed by atoms with Crippen LogP contribution in [0.4, 0.5) is 0 Å². The minimum atomic E-state index is 1.13. The van der Waals surface area contributed by atoms with Gasteiger partial charge >= 0.3 is 0 Å². The second kappa shape index (κ2) is 6.14. The highest BCUT2D eigenvalue weighted by Gasteiger charge is 1.86. The van der Waals surface area contributed by atoms with Crippen LogP contribution in [0.5, 0.6) is 0 Å². The Kier molecular flexibility index (Phi) is 5.81. The van der Waals surface area contributed by atoms with Crippen molar-refractivity contribution in [3.8, 4) is 0 Å². The van der Waals surface area contributed by atoms with Crippen LogP contribution in [-0.4, -0.2) is 5.71 Å². The van der Waals surface area contributed by atoms with E-state index in [1.165, 1.54) is 24.8 Å². The first kappa shape index (κ1) is 10.4. The molecule has 0 saturated carbocycles. The summed E-state index contributed by atoms with van der Waals surface area (Å²) in [5.41, 5.74) is 2.51. The fraction of sp³-hybridized carbons (Fsp3) is 0.700. The van der Waals surface area contributed by atoms with Gasteiger partial charge in [0, 0.05) is 11.9 Å². The number of aliphatic imine (C=N–C) groups is 1. The SMILES string of the molecule is CCCC/C(C)=C\N=C(C)C. The normalized spacial score (nSPS) is 11.5. The Labute approximate surface area is 70.2 Å². The van der Waals surface area contributed by atoms with Crippen molar-refractivity contribution in [3.05, 3.63) is 11.8 Å². The predicted molar refractivity (Wildman–Crippen MR) is 52.1 cm³/mol. The van der Waals surface area contributed by atoms with E-state index in [-0.39, 0.29) is 0 Å². The van der Waals surface area contributed by atoms with Crippen LogP contribution in [0.15, 0.2) is 16.8 Å². The molecule has 64 valence electrons. The fourth-order valence-corrected chi connectivity index (χ4v) is 0.759. The van der Waals surface area contributed by atoms with Crippen molar-refractivity contribution in [2.45, 2.75) is 47.0 Å². The molecule has 0 spiro atoms. The van der Waals surface area contributed by atoms with Gasteiger partial charge in [-0.3, -0.25) is 4.99 Å². The Morgan fingerprint density at radius 3 is 2.36 bits per heavy atom. The largest absolute Gasteiger partial charge is 0.266 e. The standard InChI is InChI=1S/C10H19N/c1-5-6-7-10(4)8-11-9(2)3/h8H,5-7H2,1-4H3/b10-8-. The zero-order chi connectivity index (χ0) is 8.69. The van der Waals surface area contributed by atoms with Crippen molar-refractivity contribution in [2.24, 2.45) is 4.99 Å². The van der Waals surface area contributed by atoms with Crippen LogP contribution in [0.1, 0.15) is 47.0 Å². The monoisotopic (exact) mass is 153 g/mol. The topological polar surface area (TPSA) is 12.4 Å². The van der Waals surface area contributed by atoms with E-state index in [2.05, 4.69) is 18.8 Å². The number of nitrogens with zero attached hydrogens (tertiary/aromatic N) is 1. The highest BCUT2D eigenvalue weighted by molar-refractivity contribution is 5.79. The van der Waals surface area contributed by atoms with Gasteiger partial charge in [0.1, 0.15) is 0 Å². The average molecular weight is 153 g/mol. The summed E-state index contributed by atoms with van der Waals surface area (Å²) in [5.74, 6) is 0. The minimum Gasteiger partial charge on any atom is -0.266 e. The third kappa shape index (κ3) is 7.31. The van der Waals surface area contributed by atoms with E-state index in [0.717, 1.165) is 5.71 Å². The van der Waals surface area contributed by atoms with Gasteiger partial charge in [0.2, 0.25) is 0 Å².